The molecule has 0 saturated heterocycles. The summed E-state index contributed by atoms with van der Waals surface area (Å²) in [7, 11) is 0. The summed E-state index contributed by atoms with van der Waals surface area (Å²) >= 11 is 0. The quantitative estimate of drug-likeness (QED) is 0.776. The molecule has 1 aliphatic rings. The third-order valence-electron chi connectivity index (χ3n) is 2.82. The molecule has 0 aliphatic heterocycles. The van der Waals surface area contributed by atoms with Crippen LogP contribution in [0.2, 0.25) is 0 Å². The maximum absolute atomic E-state index is 11.5. The maximum Gasteiger partial charge on any atom is 0.243 e. The summed E-state index contributed by atoms with van der Waals surface area (Å²) in [5.74, 6) is 0.111. The first-order valence-corrected chi connectivity index (χ1v) is 5.99. The summed E-state index contributed by atoms with van der Waals surface area (Å²) in [6, 6.07) is 7.45. The molecule has 94 valence electrons. The number of amides is 2. The van der Waals surface area contributed by atoms with E-state index < -0.39 is 0 Å². The molecule has 0 bridgehead atoms. The van der Waals surface area contributed by atoms with E-state index in [0.717, 1.165) is 24.1 Å². The molecule has 4 heteroatoms. The van der Waals surface area contributed by atoms with E-state index in [2.05, 4.69) is 17.2 Å². The average Bonchev–Trinajstić information content (AvgIpc) is 3.21. The van der Waals surface area contributed by atoms with Crippen LogP contribution >= 0.6 is 0 Å². The zero-order valence-electron chi connectivity index (χ0n) is 10.1. The molecule has 1 aromatic carbocycles. The molecule has 0 unspecified atom stereocenters. The van der Waals surface area contributed by atoms with Crippen molar-refractivity contribution in [1.82, 2.24) is 5.32 Å². The van der Waals surface area contributed by atoms with E-state index in [1.54, 1.807) is 0 Å². The zero-order valence-corrected chi connectivity index (χ0v) is 10.1. The summed E-state index contributed by atoms with van der Waals surface area (Å²) in [6.45, 7) is 3.84. The monoisotopic (exact) mass is 244 g/mol. The molecule has 1 aromatic rings. The van der Waals surface area contributed by atoms with Gasteiger partial charge in [0.25, 0.3) is 0 Å². The lowest BCUT2D eigenvalue weighted by molar-refractivity contribution is -0.117. The highest BCUT2D eigenvalue weighted by atomic mass is 16.2. The molecule has 2 rings (SSSR count). The Bertz CT molecular complexity index is 461. The van der Waals surface area contributed by atoms with Gasteiger partial charge in [-0.2, -0.15) is 0 Å². The van der Waals surface area contributed by atoms with E-state index in [0.29, 0.717) is 6.54 Å². The third-order valence-corrected chi connectivity index (χ3v) is 2.82. The first-order valence-electron chi connectivity index (χ1n) is 5.99. The van der Waals surface area contributed by atoms with Gasteiger partial charge in [-0.1, -0.05) is 18.7 Å². The van der Waals surface area contributed by atoms with Gasteiger partial charge in [0, 0.05) is 18.2 Å². The van der Waals surface area contributed by atoms with Crippen molar-refractivity contribution < 1.29 is 9.59 Å². The van der Waals surface area contributed by atoms with Gasteiger partial charge in [-0.15, -0.1) is 0 Å². The van der Waals surface area contributed by atoms with Gasteiger partial charge in [0.2, 0.25) is 11.8 Å². The number of benzene rings is 1. The van der Waals surface area contributed by atoms with Gasteiger partial charge in [-0.05, 0) is 36.6 Å². The Morgan fingerprint density at radius 3 is 2.50 bits per heavy atom. The van der Waals surface area contributed by atoms with Crippen molar-refractivity contribution in [3.8, 4) is 0 Å². The maximum atomic E-state index is 11.5. The van der Waals surface area contributed by atoms with E-state index in [9.17, 15) is 9.59 Å². The Hall–Kier alpha value is -2.10. The minimum atomic E-state index is -0.193. The van der Waals surface area contributed by atoms with E-state index in [1.165, 1.54) is 6.08 Å². The first-order chi connectivity index (χ1) is 8.69. The predicted molar refractivity (Wildman–Crippen MR) is 69.8 cm³/mol. The van der Waals surface area contributed by atoms with Gasteiger partial charge in [-0.25, -0.2) is 0 Å². The van der Waals surface area contributed by atoms with Gasteiger partial charge >= 0.3 is 0 Å². The number of carbonyl (C=O) groups is 2. The van der Waals surface area contributed by atoms with Gasteiger partial charge in [0.1, 0.15) is 0 Å². The molecule has 1 aliphatic carbocycles. The highest BCUT2D eigenvalue weighted by Gasteiger charge is 2.29. The number of carbonyl (C=O) groups excluding carboxylic acids is 2. The summed E-state index contributed by atoms with van der Waals surface area (Å²) in [5.41, 5.74) is 1.78. The number of nitrogens with one attached hydrogen (secondary N) is 2. The molecular formula is C14H16N2O2. The standard InChI is InChI=1S/C14H16N2O2/c1-2-13(17)15-9-10-3-7-12(8-4-10)16-14(18)11-5-6-11/h2-4,7-8,11H,1,5-6,9H2,(H,15,17)(H,16,18). The van der Waals surface area contributed by atoms with Gasteiger partial charge in [0.15, 0.2) is 0 Å². The van der Waals surface area contributed by atoms with E-state index in [-0.39, 0.29) is 17.7 Å². The van der Waals surface area contributed by atoms with Crippen LogP contribution in [0.15, 0.2) is 36.9 Å². The highest BCUT2D eigenvalue weighted by molar-refractivity contribution is 5.94. The zero-order chi connectivity index (χ0) is 13.0. The topological polar surface area (TPSA) is 58.2 Å². The third kappa shape index (κ3) is 3.45. The molecular weight excluding hydrogens is 228 g/mol. The Morgan fingerprint density at radius 2 is 1.94 bits per heavy atom. The molecule has 1 saturated carbocycles. The van der Waals surface area contributed by atoms with Crippen LogP contribution in [-0.4, -0.2) is 11.8 Å². The first kappa shape index (κ1) is 12.4. The van der Waals surface area contributed by atoms with Crippen LogP contribution in [0.4, 0.5) is 5.69 Å². The van der Waals surface area contributed by atoms with Crippen LogP contribution in [-0.2, 0) is 16.1 Å². The predicted octanol–water partition coefficient (Wildman–Crippen LogP) is 1.84. The molecule has 2 N–H and O–H groups in total. The normalized spacial score (nSPS) is 13.8. The van der Waals surface area contributed by atoms with Crippen molar-refractivity contribution in [2.24, 2.45) is 5.92 Å². The Balaban J connectivity index is 1.86. The largest absolute Gasteiger partial charge is 0.348 e. The smallest absolute Gasteiger partial charge is 0.243 e. The molecule has 0 spiro atoms. The fourth-order valence-corrected chi connectivity index (χ4v) is 1.56. The van der Waals surface area contributed by atoms with Crippen molar-refractivity contribution in [2.75, 3.05) is 5.32 Å². The van der Waals surface area contributed by atoms with Crippen LogP contribution < -0.4 is 10.6 Å². The molecule has 1 fully saturated rings. The minimum absolute atomic E-state index is 0.0997. The minimum Gasteiger partial charge on any atom is -0.348 e. The second-order valence-electron chi connectivity index (χ2n) is 4.38. The Kier molecular flexibility index (Phi) is 3.77. The van der Waals surface area contributed by atoms with E-state index in [4.69, 9.17) is 0 Å². The van der Waals surface area contributed by atoms with Gasteiger partial charge < -0.3 is 10.6 Å². The van der Waals surface area contributed by atoms with Crippen LogP contribution in [0.3, 0.4) is 0 Å². The lowest BCUT2D eigenvalue weighted by Crippen LogP contribution is -2.19. The van der Waals surface area contributed by atoms with Crippen LogP contribution in [0.25, 0.3) is 0 Å². The van der Waals surface area contributed by atoms with Crippen molar-refractivity contribution in [3.63, 3.8) is 0 Å². The van der Waals surface area contributed by atoms with Crippen LogP contribution in [0.5, 0.6) is 0 Å². The summed E-state index contributed by atoms with van der Waals surface area (Å²) < 4.78 is 0. The van der Waals surface area contributed by atoms with Crippen molar-refractivity contribution in [3.05, 3.63) is 42.5 Å². The lowest BCUT2D eigenvalue weighted by atomic mass is 10.2. The van der Waals surface area contributed by atoms with Crippen LogP contribution in [0.1, 0.15) is 18.4 Å². The molecule has 0 radical (unpaired) electrons. The summed E-state index contributed by atoms with van der Waals surface area (Å²) in [6.07, 6.45) is 3.24. The van der Waals surface area contributed by atoms with Gasteiger partial charge in [0.05, 0.1) is 0 Å². The SMILES string of the molecule is C=CC(=O)NCc1ccc(NC(=O)C2CC2)cc1. The van der Waals surface area contributed by atoms with E-state index in [1.807, 2.05) is 24.3 Å². The fraction of sp³-hybridized carbons (Fsp3) is 0.286. The number of anilines is 1. The van der Waals surface area contributed by atoms with Crippen molar-refractivity contribution >= 4 is 17.5 Å². The van der Waals surface area contributed by atoms with Crippen molar-refractivity contribution in [2.45, 2.75) is 19.4 Å². The summed E-state index contributed by atoms with van der Waals surface area (Å²) in [4.78, 5) is 22.5. The Morgan fingerprint density at radius 1 is 1.28 bits per heavy atom. The number of hydrogen-bond acceptors (Lipinski definition) is 2. The number of rotatable bonds is 5. The molecule has 0 aromatic heterocycles. The van der Waals surface area contributed by atoms with E-state index >= 15 is 0 Å². The highest BCUT2D eigenvalue weighted by Crippen LogP contribution is 2.30. The van der Waals surface area contributed by atoms with Crippen molar-refractivity contribution in [1.29, 1.82) is 0 Å². The summed E-state index contributed by atoms with van der Waals surface area (Å²) in [5, 5.41) is 5.56. The van der Waals surface area contributed by atoms with Gasteiger partial charge in [-0.3, -0.25) is 9.59 Å². The fourth-order valence-electron chi connectivity index (χ4n) is 1.56. The lowest BCUT2D eigenvalue weighted by Gasteiger charge is -2.06. The van der Waals surface area contributed by atoms with Crippen LogP contribution in [0, 0.1) is 5.92 Å². The molecule has 4 nitrogen and oxygen atoms in total. The second kappa shape index (κ2) is 5.49. The number of hydrogen-bond donors (Lipinski definition) is 2. The average molecular weight is 244 g/mol. The second-order valence-corrected chi connectivity index (χ2v) is 4.38. The molecule has 0 atom stereocenters. The molecule has 18 heavy (non-hydrogen) atoms. The molecule has 2 amide bonds. The Labute approximate surface area is 106 Å². The molecule has 0 heterocycles.